The molecule has 2 aromatic rings. The standard InChI is InChI=1S/C18H15F4NO3/c1-26-17(25)15(23-16(24)13-7-2-3-8-14(13)19)10-11-5-4-6-12(9-11)18(20,21)22/h2-9,15H,10H2,1H3,(H,23,24)/t15-/m0/s1. The van der Waals surface area contributed by atoms with Crippen LogP contribution in [0.5, 0.6) is 0 Å². The molecule has 2 rings (SSSR count). The van der Waals surface area contributed by atoms with Crippen LogP contribution in [-0.2, 0) is 22.1 Å². The van der Waals surface area contributed by atoms with Gasteiger partial charge in [0.15, 0.2) is 0 Å². The molecule has 0 aliphatic heterocycles. The molecule has 0 aliphatic rings. The fraction of sp³-hybridized carbons (Fsp3) is 0.222. The van der Waals surface area contributed by atoms with Crippen LogP contribution in [0.2, 0.25) is 0 Å². The van der Waals surface area contributed by atoms with Crippen molar-refractivity contribution in [1.82, 2.24) is 5.32 Å². The maximum absolute atomic E-state index is 13.7. The van der Waals surface area contributed by atoms with E-state index in [1.165, 1.54) is 30.3 Å². The van der Waals surface area contributed by atoms with Gasteiger partial charge in [-0.1, -0.05) is 30.3 Å². The molecule has 0 saturated heterocycles. The highest BCUT2D eigenvalue weighted by molar-refractivity contribution is 5.97. The van der Waals surface area contributed by atoms with Crippen LogP contribution in [0.25, 0.3) is 0 Å². The molecule has 26 heavy (non-hydrogen) atoms. The monoisotopic (exact) mass is 369 g/mol. The quantitative estimate of drug-likeness (QED) is 0.650. The van der Waals surface area contributed by atoms with Gasteiger partial charge in [-0.15, -0.1) is 0 Å². The Kier molecular flexibility index (Phi) is 5.97. The van der Waals surface area contributed by atoms with Gasteiger partial charge in [0.1, 0.15) is 11.9 Å². The summed E-state index contributed by atoms with van der Waals surface area (Å²) in [7, 11) is 1.08. The van der Waals surface area contributed by atoms with Crippen molar-refractivity contribution in [2.45, 2.75) is 18.6 Å². The fourth-order valence-corrected chi connectivity index (χ4v) is 2.33. The minimum atomic E-state index is -4.53. The van der Waals surface area contributed by atoms with Crippen molar-refractivity contribution in [3.05, 3.63) is 71.0 Å². The second-order valence-electron chi connectivity index (χ2n) is 5.43. The van der Waals surface area contributed by atoms with E-state index in [0.717, 1.165) is 25.3 Å². The van der Waals surface area contributed by atoms with Crippen molar-refractivity contribution >= 4 is 11.9 Å². The molecule has 138 valence electrons. The summed E-state index contributed by atoms with van der Waals surface area (Å²) in [5, 5.41) is 2.30. The molecule has 1 N–H and O–H groups in total. The largest absolute Gasteiger partial charge is 0.467 e. The number of ether oxygens (including phenoxy) is 1. The van der Waals surface area contributed by atoms with Gasteiger partial charge in [-0.3, -0.25) is 4.79 Å². The van der Waals surface area contributed by atoms with Gasteiger partial charge in [0.05, 0.1) is 18.2 Å². The van der Waals surface area contributed by atoms with Crippen molar-refractivity contribution in [3.8, 4) is 0 Å². The van der Waals surface area contributed by atoms with Crippen molar-refractivity contribution in [2.75, 3.05) is 7.11 Å². The predicted octanol–water partition coefficient (Wildman–Crippen LogP) is 3.36. The molecular formula is C18H15F4NO3. The molecular weight excluding hydrogens is 354 g/mol. The molecule has 0 bridgehead atoms. The molecule has 0 aliphatic carbocycles. The van der Waals surface area contributed by atoms with Gasteiger partial charge in [-0.2, -0.15) is 13.2 Å². The molecule has 0 fully saturated rings. The zero-order valence-electron chi connectivity index (χ0n) is 13.6. The van der Waals surface area contributed by atoms with E-state index in [4.69, 9.17) is 0 Å². The SMILES string of the molecule is COC(=O)[C@H](Cc1cccc(C(F)(F)F)c1)NC(=O)c1ccccc1F. The van der Waals surface area contributed by atoms with E-state index < -0.39 is 35.5 Å². The first-order valence-corrected chi connectivity index (χ1v) is 7.51. The first kappa shape index (κ1) is 19.4. The van der Waals surface area contributed by atoms with E-state index in [0.29, 0.717) is 0 Å². The van der Waals surface area contributed by atoms with Crippen LogP contribution in [0.1, 0.15) is 21.5 Å². The molecule has 0 radical (unpaired) electrons. The molecule has 0 aromatic heterocycles. The van der Waals surface area contributed by atoms with E-state index in [9.17, 15) is 27.2 Å². The fourth-order valence-electron chi connectivity index (χ4n) is 2.33. The van der Waals surface area contributed by atoms with Crippen LogP contribution in [0.15, 0.2) is 48.5 Å². The van der Waals surface area contributed by atoms with Gasteiger partial charge in [-0.05, 0) is 23.8 Å². The second kappa shape index (κ2) is 7.99. The number of esters is 1. The molecule has 2 aromatic carbocycles. The van der Waals surface area contributed by atoms with Gasteiger partial charge >= 0.3 is 12.1 Å². The van der Waals surface area contributed by atoms with Crippen LogP contribution in [-0.4, -0.2) is 25.0 Å². The summed E-state index contributed by atoms with van der Waals surface area (Å²) >= 11 is 0. The summed E-state index contributed by atoms with van der Waals surface area (Å²) < 4.78 is 56.7. The molecule has 4 nitrogen and oxygen atoms in total. The molecule has 0 saturated carbocycles. The summed E-state index contributed by atoms with van der Waals surface area (Å²) in [6.45, 7) is 0. The Bertz CT molecular complexity index is 805. The Hall–Kier alpha value is -2.90. The van der Waals surface area contributed by atoms with Crippen molar-refractivity contribution in [3.63, 3.8) is 0 Å². The van der Waals surface area contributed by atoms with E-state index in [2.05, 4.69) is 10.1 Å². The highest BCUT2D eigenvalue weighted by Crippen LogP contribution is 2.29. The zero-order chi connectivity index (χ0) is 19.3. The Balaban J connectivity index is 2.22. The van der Waals surface area contributed by atoms with Crippen LogP contribution in [0, 0.1) is 5.82 Å². The number of carbonyl (C=O) groups is 2. The third-order valence-electron chi connectivity index (χ3n) is 3.60. The van der Waals surface area contributed by atoms with Gasteiger partial charge in [-0.25, -0.2) is 9.18 Å². The van der Waals surface area contributed by atoms with Gasteiger partial charge in [0, 0.05) is 6.42 Å². The first-order valence-electron chi connectivity index (χ1n) is 7.51. The minimum absolute atomic E-state index is 0.170. The number of alkyl halides is 3. The van der Waals surface area contributed by atoms with Crippen LogP contribution < -0.4 is 5.32 Å². The van der Waals surface area contributed by atoms with E-state index >= 15 is 0 Å². The average Bonchev–Trinajstić information content (AvgIpc) is 2.60. The van der Waals surface area contributed by atoms with Gasteiger partial charge in [0.25, 0.3) is 5.91 Å². The Morgan fingerprint density at radius 1 is 1.12 bits per heavy atom. The van der Waals surface area contributed by atoms with Crippen molar-refractivity contribution in [1.29, 1.82) is 0 Å². The normalized spacial score (nSPS) is 12.3. The number of hydrogen-bond donors (Lipinski definition) is 1. The molecule has 1 atom stereocenters. The van der Waals surface area contributed by atoms with Crippen molar-refractivity contribution in [2.24, 2.45) is 0 Å². The molecule has 1 amide bonds. The third kappa shape index (κ3) is 4.81. The van der Waals surface area contributed by atoms with E-state index in [1.807, 2.05) is 0 Å². The smallest absolute Gasteiger partial charge is 0.416 e. The molecule has 8 heteroatoms. The Morgan fingerprint density at radius 2 is 1.81 bits per heavy atom. The van der Waals surface area contributed by atoms with E-state index in [-0.39, 0.29) is 17.5 Å². The second-order valence-corrected chi connectivity index (χ2v) is 5.43. The lowest BCUT2D eigenvalue weighted by molar-refractivity contribution is -0.142. The number of benzene rings is 2. The lowest BCUT2D eigenvalue weighted by Gasteiger charge is -2.17. The molecule has 0 heterocycles. The maximum Gasteiger partial charge on any atom is 0.416 e. The maximum atomic E-state index is 13.7. The summed E-state index contributed by atoms with van der Waals surface area (Å²) in [5.74, 6) is -2.51. The lowest BCUT2D eigenvalue weighted by atomic mass is 10.0. The summed E-state index contributed by atoms with van der Waals surface area (Å²) in [6.07, 6.45) is -4.77. The van der Waals surface area contributed by atoms with E-state index in [1.54, 1.807) is 0 Å². The minimum Gasteiger partial charge on any atom is -0.467 e. The van der Waals surface area contributed by atoms with Gasteiger partial charge in [0.2, 0.25) is 0 Å². The zero-order valence-corrected chi connectivity index (χ0v) is 13.6. The summed E-state index contributed by atoms with van der Waals surface area (Å²) in [4.78, 5) is 24.1. The van der Waals surface area contributed by atoms with Gasteiger partial charge < -0.3 is 10.1 Å². The number of nitrogens with one attached hydrogen (secondary N) is 1. The molecule has 0 spiro atoms. The topological polar surface area (TPSA) is 55.4 Å². The van der Waals surface area contributed by atoms with Crippen LogP contribution in [0.3, 0.4) is 0 Å². The number of halogens is 4. The lowest BCUT2D eigenvalue weighted by Crippen LogP contribution is -2.43. The number of hydrogen-bond acceptors (Lipinski definition) is 3. The Morgan fingerprint density at radius 3 is 2.42 bits per heavy atom. The van der Waals surface area contributed by atoms with Crippen LogP contribution in [0.4, 0.5) is 17.6 Å². The number of amides is 1. The highest BCUT2D eigenvalue weighted by Gasteiger charge is 2.31. The highest BCUT2D eigenvalue weighted by atomic mass is 19.4. The van der Waals surface area contributed by atoms with Crippen LogP contribution >= 0.6 is 0 Å². The number of carbonyl (C=O) groups excluding carboxylic acids is 2. The summed E-state index contributed by atoms with van der Waals surface area (Å²) in [6, 6.07) is 8.24. The Labute approximate surface area is 146 Å². The predicted molar refractivity (Wildman–Crippen MR) is 84.8 cm³/mol. The third-order valence-corrected chi connectivity index (χ3v) is 3.60. The molecule has 0 unspecified atom stereocenters. The number of rotatable bonds is 5. The number of methoxy groups -OCH3 is 1. The van der Waals surface area contributed by atoms with Crippen molar-refractivity contribution < 1.29 is 31.9 Å². The first-order chi connectivity index (χ1) is 12.2. The average molecular weight is 369 g/mol. The summed E-state index contributed by atoms with van der Waals surface area (Å²) in [5.41, 5.74) is -0.992.